The Kier molecular flexibility index (Phi) is 1.91. The maximum absolute atomic E-state index is 10.8. The summed E-state index contributed by atoms with van der Waals surface area (Å²) in [6.45, 7) is 0. The zero-order valence-corrected chi connectivity index (χ0v) is 8.85. The van der Waals surface area contributed by atoms with Crippen LogP contribution in [0.5, 0.6) is 0 Å². The molecule has 4 fully saturated rings. The van der Waals surface area contributed by atoms with Crippen molar-refractivity contribution in [3.8, 4) is 0 Å². The summed E-state index contributed by atoms with van der Waals surface area (Å²) < 4.78 is 0. The van der Waals surface area contributed by atoms with Crippen molar-refractivity contribution in [3.63, 3.8) is 0 Å². The Hall–Kier alpha value is -0.570. The lowest BCUT2D eigenvalue weighted by atomic mass is 9.49. The Bertz CT molecular complexity index is 269. The molecule has 15 heavy (non-hydrogen) atoms. The van der Waals surface area contributed by atoms with Crippen LogP contribution in [0, 0.1) is 23.7 Å². The molecular formula is C12H18O3. The molecule has 2 N–H and O–H groups in total. The molecule has 0 unspecified atom stereocenters. The Morgan fingerprint density at radius 3 is 1.93 bits per heavy atom. The smallest absolute Gasteiger partial charge is 0.306 e. The number of carboxylic acids is 1. The molecule has 0 amide bonds. The number of carboxylic acid groups (broad SMARTS) is 1. The van der Waals surface area contributed by atoms with Crippen molar-refractivity contribution in [1.82, 2.24) is 0 Å². The molecule has 4 bridgehead atoms. The quantitative estimate of drug-likeness (QED) is 0.728. The van der Waals surface area contributed by atoms with E-state index in [2.05, 4.69) is 0 Å². The van der Waals surface area contributed by atoms with Gasteiger partial charge in [0.25, 0.3) is 0 Å². The topological polar surface area (TPSA) is 57.5 Å². The molecule has 0 aromatic carbocycles. The molecule has 0 heterocycles. The molecule has 0 spiro atoms. The third kappa shape index (κ3) is 1.32. The minimum absolute atomic E-state index is 0.0399. The maximum atomic E-state index is 10.8. The highest BCUT2D eigenvalue weighted by Crippen LogP contribution is 2.59. The summed E-state index contributed by atoms with van der Waals surface area (Å²) in [5.41, 5.74) is -0.876. The van der Waals surface area contributed by atoms with Crippen molar-refractivity contribution in [3.05, 3.63) is 0 Å². The van der Waals surface area contributed by atoms with Gasteiger partial charge in [0, 0.05) is 0 Å². The summed E-state index contributed by atoms with van der Waals surface area (Å²) in [5.74, 6) is 1.25. The summed E-state index contributed by atoms with van der Waals surface area (Å²) in [5, 5.41) is 19.5. The number of aliphatic hydroxyl groups is 1. The summed E-state index contributed by atoms with van der Waals surface area (Å²) >= 11 is 0. The van der Waals surface area contributed by atoms with E-state index < -0.39 is 11.6 Å². The van der Waals surface area contributed by atoms with Crippen LogP contribution in [0.3, 0.4) is 0 Å². The van der Waals surface area contributed by atoms with E-state index in [1.807, 2.05) is 0 Å². The van der Waals surface area contributed by atoms with E-state index in [1.54, 1.807) is 0 Å². The first-order valence-corrected chi connectivity index (χ1v) is 6.02. The van der Waals surface area contributed by atoms with Crippen LogP contribution in [0.4, 0.5) is 0 Å². The Balaban J connectivity index is 1.87. The van der Waals surface area contributed by atoms with Gasteiger partial charge in [0.2, 0.25) is 0 Å². The predicted molar refractivity (Wildman–Crippen MR) is 54.2 cm³/mol. The van der Waals surface area contributed by atoms with E-state index in [9.17, 15) is 9.90 Å². The highest BCUT2D eigenvalue weighted by Gasteiger charge is 2.57. The van der Waals surface area contributed by atoms with E-state index in [-0.39, 0.29) is 18.3 Å². The standard InChI is InChI=1S/C12H18O3/c13-11(14)6-12(15)9-2-7-1-8(4-9)5-10(12)3-7/h7-10,15H,1-6H2,(H,13,14). The first kappa shape index (κ1) is 9.64. The maximum Gasteiger partial charge on any atom is 0.306 e. The molecule has 0 saturated heterocycles. The van der Waals surface area contributed by atoms with Gasteiger partial charge in [0.05, 0.1) is 12.0 Å². The van der Waals surface area contributed by atoms with E-state index in [4.69, 9.17) is 5.11 Å². The summed E-state index contributed by atoms with van der Waals surface area (Å²) in [7, 11) is 0. The third-order valence-corrected chi connectivity index (χ3v) is 4.99. The second-order valence-corrected chi connectivity index (χ2v) is 5.87. The van der Waals surface area contributed by atoms with Crippen molar-refractivity contribution in [2.45, 2.75) is 44.1 Å². The van der Waals surface area contributed by atoms with Gasteiger partial charge in [-0.2, -0.15) is 0 Å². The SMILES string of the molecule is O=C(O)CC1(O)C2CC3CC(C2)CC1C3. The average Bonchev–Trinajstić information content (AvgIpc) is 2.12. The molecule has 3 nitrogen and oxygen atoms in total. The van der Waals surface area contributed by atoms with Gasteiger partial charge in [0.15, 0.2) is 0 Å². The predicted octanol–water partition coefficient (Wildman–Crippen LogP) is 1.65. The third-order valence-electron chi connectivity index (χ3n) is 4.99. The Morgan fingerprint density at radius 2 is 1.53 bits per heavy atom. The second-order valence-electron chi connectivity index (χ2n) is 5.87. The van der Waals surface area contributed by atoms with Gasteiger partial charge in [0.1, 0.15) is 0 Å². The zero-order chi connectivity index (χ0) is 10.6. The zero-order valence-electron chi connectivity index (χ0n) is 8.85. The van der Waals surface area contributed by atoms with Crippen molar-refractivity contribution in [2.24, 2.45) is 23.7 Å². The van der Waals surface area contributed by atoms with Crippen molar-refractivity contribution >= 4 is 5.97 Å². The van der Waals surface area contributed by atoms with Crippen molar-refractivity contribution < 1.29 is 15.0 Å². The summed E-state index contributed by atoms with van der Waals surface area (Å²) in [6, 6.07) is 0. The van der Waals surface area contributed by atoms with Gasteiger partial charge < -0.3 is 10.2 Å². The Labute approximate surface area is 89.5 Å². The van der Waals surface area contributed by atoms with Gasteiger partial charge >= 0.3 is 5.97 Å². The van der Waals surface area contributed by atoms with Crippen LogP contribution >= 0.6 is 0 Å². The molecule has 0 aliphatic heterocycles. The van der Waals surface area contributed by atoms with Crippen LogP contribution in [0.2, 0.25) is 0 Å². The fraction of sp³-hybridized carbons (Fsp3) is 0.917. The minimum atomic E-state index is -0.876. The van der Waals surface area contributed by atoms with Gasteiger partial charge in [-0.25, -0.2) is 0 Å². The van der Waals surface area contributed by atoms with Gasteiger partial charge in [-0.15, -0.1) is 0 Å². The number of rotatable bonds is 2. The Morgan fingerprint density at radius 1 is 1.07 bits per heavy atom. The van der Waals surface area contributed by atoms with Gasteiger partial charge in [-0.3, -0.25) is 4.79 Å². The molecule has 4 aliphatic rings. The highest BCUT2D eigenvalue weighted by molar-refractivity contribution is 5.68. The molecule has 4 saturated carbocycles. The molecule has 4 aliphatic carbocycles. The molecule has 0 atom stereocenters. The number of hydrogen-bond donors (Lipinski definition) is 2. The fourth-order valence-corrected chi connectivity index (χ4v) is 4.53. The summed E-state index contributed by atoms with van der Waals surface area (Å²) in [6.07, 6.45) is 5.55. The van der Waals surface area contributed by atoms with Crippen molar-refractivity contribution in [1.29, 1.82) is 0 Å². The first-order chi connectivity index (χ1) is 7.08. The molecule has 0 radical (unpaired) electrons. The van der Waals surface area contributed by atoms with Crippen LogP contribution in [0.1, 0.15) is 38.5 Å². The van der Waals surface area contributed by atoms with Crippen LogP contribution in [-0.4, -0.2) is 21.8 Å². The average molecular weight is 210 g/mol. The fourth-order valence-electron chi connectivity index (χ4n) is 4.53. The number of carbonyl (C=O) groups is 1. The van der Waals surface area contributed by atoms with E-state index >= 15 is 0 Å². The van der Waals surface area contributed by atoms with Crippen LogP contribution in [0.25, 0.3) is 0 Å². The molecular weight excluding hydrogens is 192 g/mol. The van der Waals surface area contributed by atoms with Crippen LogP contribution in [-0.2, 0) is 4.79 Å². The van der Waals surface area contributed by atoms with E-state index in [0.29, 0.717) is 0 Å². The molecule has 84 valence electrons. The largest absolute Gasteiger partial charge is 0.481 e. The second kappa shape index (κ2) is 2.97. The lowest BCUT2D eigenvalue weighted by Gasteiger charge is -2.58. The lowest BCUT2D eigenvalue weighted by Crippen LogP contribution is -2.58. The van der Waals surface area contributed by atoms with Crippen LogP contribution in [0.15, 0.2) is 0 Å². The van der Waals surface area contributed by atoms with E-state index in [0.717, 1.165) is 37.5 Å². The summed E-state index contributed by atoms with van der Waals surface area (Å²) in [4.78, 5) is 10.8. The molecule has 0 aromatic heterocycles. The number of hydrogen-bond acceptors (Lipinski definition) is 2. The molecule has 3 heteroatoms. The van der Waals surface area contributed by atoms with Gasteiger partial charge in [-0.1, -0.05) is 0 Å². The molecule has 0 aromatic rings. The molecule has 4 rings (SSSR count). The first-order valence-electron chi connectivity index (χ1n) is 6.02. The minimum Gasteiger partial charge on any atom is -0.481 e. The lowest BCUT2D eigenvalue weighted by molar-refractivity contribution is -0.186. The van der Waals surface area contributed by atoms with E-state index in [1.165, 1.54) is 6.42 Å². The monoisotopic (exact) mass is 210 g/mol. The van der Waals surface area contributed by atoms with Crippen molar-refractivity contribution in [2.75, 3.05) is 0 Å². The highest BCUT2D eigenvalue weighted by atomic mass is 16.4. The van der Waals surface area contributed by atoms with Crippen LogP contribution < -0.4 is 0 Å². The normalized spacial score (nSPS) is 52.1. The number of aliphatic carboxylic acids is 1. The van der Waals surface area contributed by atoms with Gasteiger partial charge in [-0.05, 0) is 55.8 Å².